The largest absolute Gasteiger partial charge is 0.376 e. The van der Waals surface area contributed by atoms with Crippen molar-refractivity contribution in [1.82, 2.24) is 4.90 Å². The number of nitrogens with one attached hydrogen (secondary N) is 1. The average molecular weight is 449 g/mol. The lowest BCUT2D eigenvalue weighted by Crippen LogP contribution is -2.54. The fourth-order valence-electron chi connectivity index (χ4n) is 4.12. The summed E-state index contributed by atoms with van der Waals surface area (Å²) in [7, 11) is 1.74. The molecule has 9 heteroatoms. The molecule has 0 aromatic heterocycles. The van der Waals surface area contributed by atoms with Crippen molar-refractivity contribution in [1.29, 1.82) is 0 Å². The number of piperazine rings is 1. The molecule has 0 spiro atoms. The van der Waals surface area contributed by atoms with Crippen LogP contribution in [0.25, 0.3) is 0 Å². The number of likely N-dealkylation sites (N-methyl/N-ethyl adjacent to an activating group) is 1. The molecule has 2 aromatic rings. The first-order valence-electron chi connectivity index (χ1n) is 10.1. The van der Waals surface area contributed by atoms with E-state index >= 15 is 0 Å². The van der Waals surface area contributed by atoms with E-state index in [0.29, 0.717) is 31.7 Å². The van der Waals surface area contributed by atoms with Crippen LogP contribution in [0.3, 0.4) is 0 Å². The zero-order valence-corrected chi connectivity index (χ0v) is 18.0. The van der Waals surface area contributed by atoms with Gasteiger partial charge in [-0.1, -0.05) is 17.7 Å². The minimum Gasteiger partial charge on any atom is -0.376 e. The Balaban J connectivity index is 1.36. The van der Waals surface area contributed by atoms with E-state index in [1.807, 2.05) is 30.0 Å². The Kier molecular flexibility index (Phi) is 5.75. The third kappa shape index (κ3) is 4.17. The van der Waals surface area contributed by atoms with Crippen LogP contribution in [0.15, 0.2) is 30.3 Å². The third-order valence-corrected chi connectivity index (χ3v) is 6.25. The van der Waals surface area contributed by atoms with E-state index in [1.54, 1.807) is 16.8 Å². The van der Waals surface area contributed by atoms with E-state index in [2.05, 4.69) is 5.32 Å². The van der Waals surface area contributed by atoms with E-state index in [9.17, 15) is 18.4 Å². The van der Waals surface area contributed by atoms with Crippen molar-refractivity contribution in [3.63, 3.8) is 0 Å². The van der Waals surface area contributed by atoms with Crippen molar-refractivity contribution in [3.05, 3.63) is 52.6 Å². The Morgan fingerprint density at radius 3 is 2.58 bits per heavy atom. The SMILES string of the molecule is C[C@@H]1CN(C(=O)CNc2ccc3c(c2)N(C)C(=O)C3)CCN1c1cc(F)c(Cl)c(F)c1. The van der Waals surface area contributed by atoms with E-state index in [0.717, 1.165) is 16.9 Å². The summed E-state index contributed by atoms with van der Waals surface area (Å²) < 4.78 is 27.6. The normalized spacial score (nSPS) is 18.4. The second kappa shape index (κ2) is 8.34. The lowest BCUT2D eigenvalue weighted by Gasteiger charge is -2.41. The molecule has 31 heavy (non-hydrogen) atoms. The molecule has 0 bridgehead atoms. The predicted molar refractivity (Wildman–Crippen MR) is 117 cm³/mol. The maximum Gasteiger partial charge on any atom is 0.242 e. The quantitative estimate of drug-likeness (QED) is 0.729. The molecule has 0 unspecified atom stereocenters. The molecule has 1 N–H and O–H groups in total. The number of halogens is 3. The molecule has 0 aliphatic carbocycles. The zero-order valence-electron chi connectivity index (χ0n) is 17.3. The van der Waals surface area contributed by atoms with Gasteiger partial charge < -0.3 is 20.0 Å². The molecule has 2 amide bonds. The maximum absolute atomic E-state index is 13.8. The Morgan fingerprint density at radius 1 is 1.19 bits per heavy atom. The van der Waals surface area contributed by atoms with Gasteiger partial charge in [-0.15, -0.1) is 0 Å². The van der Waals surface area contributed by atoms with Crippen LogP contribution in [0, 0.1) is 11.6 Å². The summed E-state index contributed by atoms with van der Waals surface area (Å²) in [6.45, 7) is 3.36. The Labute approximate surface area is 184 Å². The second-order valence-corrected chi connectivity index (χ2v) is 8.31. The predicted octanol–water partition coefficient (Wildman–Crippen LogP) is 3.29. The number of hydrogen-bond donors (Lipinski definition) is 1. The van der Waals surface area contributed by atoms with Gasteiger partial charge in [-0.3, -0.25) is 9.59 Å². The molecule has 2 aromatic carbocycles. The highest BCUT2D eigenvalue weighted by Crippen LogP contribution is 2.31. The lowest BCUT2D eigenvalue weighted by atomic mass is 10.1. The van der Waals surface area contributed by atoms with Crippen molar-refractivity contribution >= 4 is 40.5 Å². The van der Waals surface area contributed by atoms with Crippen molar-refractivity contribution in [2.45, 2.75) is 19.4 Å². The number of benzene rings is 2. The van der Waals surface area contributed by atoms with Crippen LogP contribution in [0.4, 0.5) is 25.8 Å². The van der Waals surface area contributed by atoms with Gasteiger partial charge in [-0.25, -0.2) is 8.78 Å². The summed E-state index contributed by atoms with van der Waals surface area (Å²) >= 11 is 5.57. The van der Waals surface area contributed by atoms with Gasteiger partial charge in [-0.2, -0.15) is 0 Å². The highest BCUT2D eigenvalue weighted by molar-refractivity contribution is 6.31. The number of carbonyl (C=O) groups is 2. The van der Waals surface area contributed by atoms with E-state index in [4.69, 9.17) is 11.6 Å². The molecular weight excluding hydrogens is 426 g/mol. The highest BCUT2D eigenvalue weighted by Gasteiger charge is 2.28. The molecular formula is C22H23ClF2N4O2. The van der Waals surface area contributed by atoms with E-state index in [-0.39, 0.29) is 24.4 Å². The molecule has 4 rings (SSSR count). The monoisotopic (exact) mass is 448 g/mol. The summed E-state index contributed by atoms with van der Waals surface area (Å²) in [4.78, 5) is 29.7. The number of anilines is 3. The Bertz CT molecular complexity index is 1030. The molecule has 1 saturated heterocycles. The number of rotatable bonds is 4. The smallest absolute Gasteiger partial charge is 0.242 e. The summed E-state index contributed by atoms with van der Waals surface area (Å²) in [5, 5.41) is 2.61. The van der Waals surface area contributed by atoms with Gasteiger partial charge in [0, 0.05) is 49.8 Å². The number of fused-ring (bicyclic) bond motifs is 1. The minimum atomic E-state index is -0.798. The first kappa shape index (κ1) is 21.4. The molecule has 0 radical (unpaired) electrons. The average Bonchev–Trinajstić information content (AvgIpc) is 3.03. The standard InChI is InChI=1S/C22H23ClF2N4O2/c1-13-12-28(5-6-29(13)16-9-17(24)22(23)18(25)10-16)21(31)11-26-15-4-3-14-7-20(30)27(2)19(14)8-15/h3-4,8-10,13,26H,5-7,11-12H2,1-2H3/t13-/m1/s1. The third-order valence-electron chi connectivity index (χ3n) is 5.89. The first-order valence-corrected chi connectivity index (χ1v) is 10.4. The molecule has 0 saturated carbocycles. The summed E-state index contributed by atoms with van der Waals surface area (Å²) in [6, 6.07) is 7.96. The van der Waals surface area contributed by atoms with Crippen molar-refractivity contribution in [2.75, 3.05) is 48.3 Å². The van der Waals surface area contributed by atoms with Crippen LogP contribution in [0.1, 0.15) is 12.5 Å². The summed E-state index contributed by atoms with van der Waals surface area (Å²) in [5.41, 5.74) is 3.01. The molecule has 2 aliphatic rings. The summed E-state index contributed by atoms with van der Waals surface area (Å²) in [6.07, 6.45) is 0.397. The van der Waals surface area contributed by atoms with Crippen molar-refractivity contribution < 1.29 is 18.4 Å². The van der Waals surface area contributed by atoms with E-state index < -0.39 is 16.7 Å². The van der Waals surface area contributed by atoms with Gasteiger partial charge in [0.25, 0.3) is 0 Å². The number of nitrogens with zero attached hydrogens (tertiary/aromatic N) is 3. The van der Waals surface area contributed by atoms with Crippen molar-refractivity contribution in [3.8, 4) is 0 Å². The highest BCUT2D eigenvalue weighted by atomic mass is 35.5. The fraction of sp³-hybridized carbons (Fsp3) is 0.364. The minimum absolute atomic E-state index is 0.0514. The second-order valence-electron chi connectivity index (χ2n) is 7.93. The van der Waals surface area contributed by atoms with E-state index in [1.165, 1.54) is 12.1 Å². The van der Waals surface area contributed by atoms with Gasteiger partial charge in [0.1, 0.15) is 16.7 Å². The lowest BCUT2D eigenvalue weighted by molar-refractivity contribution is -0.130. The van der Waals surface area contributed by atoms with Crippen LogP contribution < -0.4 is 15.1 Å². The Hall–Kier alpha value is -2.87. The van der Waals surface area contributed by atoms with Crippen LogP contribution in [0.2, 0.25) is 5.02 Å². The first-order chi connectivity index (χ1) is 14.7. The van der Waals surface area contributed by atoms with Gasteiger partial charge in [0.05, 0.1) is 13.0 Å². The van der Waals surface area contributed by atoms with Gasteiger partial charge in [-0.05, 0) is 36.8 Å². The topological polar surface area (TPSA) is 55.9 Å². The van der Waals surface area contributed by atoms with Crippen LogP contribution in [-0.4, -0.2) is 56.0 Å². The molecule has 164 valence electrons. The zero-order chi connectivity index (χ0) is 22.3. The van der Waals surface area contributed by atoms with Crippen LogP contribution in [0.5, 0.6) is 0 Å². The Morgan fingerprint density at radius 2 is 1.90 bits per heavy atom. The van der Waals surface area contributed by atoms with Gasteiger partial charge in [0.15, 0.2) is 0 Å². The van der Waals surface area contributed by atoms with Gasteiger partial charge >= 0.3 is 0 Å². The number of carbonyl (C=O) groups excluding carboxylic acids is 2. The van der Waals surface area contributed by atoms with Gasteiger partial charge in [0.2, 0.25) is 11.8 Å². The number of hydrogen-bond acceptors (Lipinski definition) is 4. The summed E-state index contributed by atoms with van der Waals surface area (Å²) in [5.74, 6) is -1.61. The maximum atomic E-state index is 13.8. The van der Waals surface area contributed by atoms with Crippen molar-refractivity contribution in [2.24, 2.45) is 0 Å². The molecule has 2 heterocycles. The number of amides is 2. The molecule has 1 fully saturated rings. The molecule has 1 atom stereocenters. The molecule has 2 aliphatic heterocycles. The van der Waals surface area contributed by atoms with Crippen LogP contribution in [-0.2, 0) is 16.0 Å². The molecule has 6 nitrogen and oxygen atoms in total. The van der Waals surface area contributed by atoms with Crippen LogP contribution >= 0.6 is 11.6 Å². The fourth-order valence-corrected chi connectivity index (χ4v) is 4.23.